The fraction of sp³-hybridized carbons (Fsp3) is 0.737. The standard InChI is InChI=1S/C19H31N5O4S/c1-14-22-17(13-23(14)2)29(27,28)24-11-7-16(8-12-24)19(26)21-10-9-20-18(25)15-5-3-4-6-15/h13,15-16H,3-12H2,1-2H3,(H,20,25)(H,21,26). The van der Waals surface area contributed by atoms with Crippen molar-refractivity contribution in [2.75, 3.05) is 26.2 Å². The molecule has 0 radical (unpaired) electrons. The van der Waals surface area contributed by atoms with Gasteiger partial charge in [-0.2, -0.15) is 4.31 Å². The van der Waals surface area contributed by atoms with Crippen LogP contribution in [0.4, 0.5) is 0 Å². The fourth-order valence-electron chi connectivity index (χ4n) is 3.99. The first-order valence-electron chi connectivity index (χ1n) is 10.3. The van der Waals surface area contributed by atoms with Crippen molar-refractivity contribution >= 4 is 21.8 Å². The molecule has 2 amide bonds. The molecule has 1 saturated heterocycles. The lowest BCUT2D eigenvalue weighted by molar-refractivity contribution is -0.127. The molecule has 1 aromatic heterocycles. The van der Waals surface area contributed by atoms with Gasteiger partial charge in [0.1, 0.15) is 5.82 Å². The van der Waals surface area contributed by atoms with Crippen LogP contribution in [0.2, 0.25) is 0 Å². The van der Waals surface area contributed by atoms with E-state index in [1.54, 1.807) is 18.5 Å². The van der Waals surface area contributed by atoms with Crippen molar-refractivity contribution in [1.82, 2.24) is 24.5 Å². The number of sulfonamides is 1. The number of hydrogen-bond acceptors (Lipinski definition) is 5. The van der Waals surface area contributed by atoms with Gasteiger partial charge in [0.25, 0.3) is 10.0 Å². The van der Waals surface area contributed by atoms with Gasteiger partial charge in [-0.05, 0) is 32.6 Å². The number of nitrogens with zero attached hydrogens (tertiary/aromatic N) is 3. The number of aryl methyl sites for hydroxylation is 2. The van der Waals surface area contributed by atoms with Crippen LogP contribution >= 0.6 is 0 Å². The predicted octanol–water partition coefficient (Wildman–Crippen LogP) is 0.552. The van der Waals surface area contributed by atoms with Gasteiger partial charge in [-0.1, -0.05) is 12.8 Å². The Morgan fingerprint density at radius 2 is 1.55 bits per heavy atom. The molecule has 1 aliphatic carbocycles. The Balaban J connectivity index is 1.40. The number of nitrogens with one attached hydrogen (secondary N) is 2. The lowest BCUT2D eigenvalue weighted by Gasteiger charge is -2.29. The number of carbonyl (C=O) groups is 2. The highest BCUT2D eigenvalue weighted by molar-refractivity contribution is 7.89. The molecule has 2 fully saturated rings. The molecule has 10 heteroatoms. The molecule has 2 aliphatic rings. The van der Waals surface area contributed by atoms with Crippen LogP contribution in [0.1, 0.15) is 44.3 Å². The van der Waals surface area contributed by atoms with Crippen LogP contribution in [0, 0.1) is 18.8 Å². The third-order valence-corrected chi connectivity index (χ3v) is 7.74. The molecule has 0 unspecified atom stereocenters. The Labute approximate surface area is 172 Å². The van der Waals surface area contributed by atoms with Gasteiger partial charge in [-0.25, -0.2) is 13.4 Å². The molecule has 3 rings (SSSR count). The topological polar surface area (TPSA) is 113 Å². The molecule has 1 saturated carbocycles. The third kappa shape index (κ3) is 5.16. The summed E-state index contributed by atoms with van der Waals surface area (Å²) in [6.45, 7) is 3.17. The Morgan fingerprint density at radius 3 is 2.03 bits per heavy atom. The molecule has 162 valence electrons. The first kappa shape index (κ1) is 21.8. The molecule has 0 atom stereocenters. The summed E-state index contributed by atoms with van der Waals surface area (Å²) in [5, 5.41) is 5.80. The summed E-state index contributed by atoms with van der Waals surface area (Å²) >= 11 is 0. The van der Waals surface area contributed by atoms with Gasteiger partial charge < -0.3 is 15.2 Å². The van der Waals surface area contributed by atoms with Crippen molar-refractivity contribution in [3.8, 4) is 0 Å². The quantitative estimate of drug-likeness (QED) is 0.620. The van der Waals surface area contributed by atoms with E-state index in [2.05, 4.69) is 15.6 Å². The summed E-state index contributed by atoms with van der Waals surface area (Å²) in [6, 6.07) is 0. The van der Waals surface area contributed by atoms with E-state index in [4.69, 9.17) is 0 Å². The number of hydrogen-bond donors (Lipinski definition) is 2. The number of amides is 2. The summed E-state index contributed by atoms with van der Waals surface area (Å²) < 4.78 is 28.5. The number of rotatable bonds is 7. The zero-order valence-electron chi connectivity index (χ0n) is 17.2. The average Bonchev–Trinajstić information content (AvgIpc) is 3.36. The van der Waals surface area contributed by atoms with Crippen LogP contribution in [-0.4, -0.2) is 60.3 Å². The van der Waals surface area contributed by atoms with E-state index < -0.39 is 10.0 Å². The number of imidazole rings is 1. The lowest BCUT2D eigenvalue weighted by atomic mass is 9.97. The van der Waals surface area contributed by atoms with Crippen molar-refractivity contribution < 1.29 is 18.0 Å². The Bertz CT molecular complexity index is 817. The zero-order chi connectivity index (χ0) is 21.0. The van der Waals surface area contributed by atoms with E-state index in [0.29, 0.717) is 44.8 Å². The van der Waals surface area contributed by atoms with E-state index in [9.17, 15) is 18.0 Å². The second-order valence-corrected chi connectivity index (χ2v) is 9.86. The molecule has 9 nitrogen and oxygen atoms in total. The molecule has 0 spiro atoms. The summed E-state index contributed by atoms with van der Waals surface area (Å²) in [5.74, 6) is 0.557. The Kier molecular flexibility index (Phi) is 6.94. The van der Waals surface area contributed by atoms with Crippen LogP contribution in [-0.2, 0) is 26.7 Å². The van der Waals surface area contributed by atoms with Crippen molar-refractivity contribution in [2.45, 2.75) is 50.5 Å². The maximum atomic E-state index is 12.7. The van der Waals surface area contributed by atoms with E-state index in [0.717, 1.165) is 25.7 Å². The molecule has 0 bridgehead atoms. The second kappa shape index (κ2) is 9.25. The largest absolute Gasteiger partial charge is 0.354 e. The van der Waals surface area contributed by atoms with E-state index in [1.165, 1.54) is 10.5 Å². The van der Waals surface area contributed by atoms with Gasteiger partial charge in [0.15, 0.2) is 5.03 Å². The van der Waals surface area contributed by atoms with Gasteiger partial charge in [0.2, 0.25) is 11.8 Å². The normalized spacial score (nSPS) is 19.4. The molecule has 1 aliphatic heterocycles. The average molecular weight is 426 g/mol. The first-order valence-corrected chi connectivity index (χ1v) is 11.8. The van der Waals surface area contributed by atoms with Crippen LogP contribution in [0.3, 0.4) is 0 Å². The summed E-state index contributed by atoms with van der Waals surface area (Å²) in [5.41, 5.74) is 0. The molecule has 2 heterocycles. The van der Waals surface area contributed by atoms with Crippen LogP contribution in [0.5, 0.6) is 0 Å². The number of aromatic nitrogens is 2. The number of piperidine rings is 1. The highest BCUT2D eigenvalue weighted by Crippen LogP contribution is 2.25. The number of carbonyl (C=O) groups excluding carboxylic acids is 2. The van der Waals surface area contributed by atoms with E-state index in [-0.39, 0.29) is 28.7 Å². The maximum Gasteiger partial charge on any atom is 0.262 e. The van der Waals surface area contributed by atoms with Crippen molar-refractivity contribution in [1.29, 1.82) is 0 Å². The smallest absolute Gasteiger partial charge is 0.262 e. The molecular formula is C19H31N5O4S. The SMILES string of the molecule is Cc1nc(S(=O)(=O)N2CCC(C(=O)NCCNC(=O)C3CCCC3)CC2)cn1C. The van der Waals surface area contributed by atoms with Crippen molar-refractivity contribution in [3.05, 3.63) is 12.0 Å². The van der Waals surface area contributed by atoms with Crippen LogP contribution in [0.15, 0.2) is 11.2 Å². The first-order chi connectivity index (χ1) is 13.8. The Hall–Kier alpha value is -1.94. The van der Waals surface area contributed by atoms with Gasteiger partial charge in [-0.3, -0.25) is 9.59 Å². The highest BCUT2D eigenvalue weighted by Gasteiger charge is 2.33. The van der Waals surface area contributed by atoms with E-state index >= 15 is 0 Å². The van der Waals surface area contributed by atoms with Gasteiger partial charge in [-0.15, -0.1) is 0 Å². The minimum Gasteiger partial charge on any atom is -0.354 e. The van der Waals surface area contributed by atoms with Gasteiger partial charge >= 0.3 is 0 Å². The third-order valence-electron chi connectivity index (χ3n) is 5.96. The fourth-order valence-corrected chi connectivity index (χ4v) is 5.48. The van der Waals surface area contributed by atoms with Crippen LogP contribution in [0.25, 0.3) is 0 Å². The Morgan fingerprint density at radius 1 is 1.03 bits per heavy atom. The summed E-state index contributed by atoms with van der Waals surface area (Å²) in [7, 11) is -1.87. The predicted molar refractivity (Wildman–Crippen MR) is 107 cm³/mol. The van der Waals surface area contributed by atoms with Crippen molar-refractivity contribution in [3.63, 3.8) is 0 Å². The van der Waals surface area contributed by atoms with E-state index in [1.807, 2.05) is 0 Å². The molecular weight excluding hydrogens is 394 g/mol. The second-order valence-electron chi connectivity index (χ2n) is 7.98. The minimum atomic E-state index is -3.63. The van der Waals surface area contributed by atoms with Crippen LogP contribution < -0.4 is 10.6 Å². The minimum absolute atomic E-state index is 0.0541. The highest BCUT2D eigenvalue weighted by atomic mass is 32.2. The monoisotopic (exact) mass is 425 g/mol. The van der Waals surface area contributed by atoms with Crippen molar-refractivity contribution in [2.24, 2.45) is 18.9 Å². The summed E-state index contributed by atoms with van der Waals surface area (Å²) in [6.07, 6.45) is 6.61. The van der Waals surface area contributed by atoms with Gasteiger partial charge in [0, 0.05) is 51.3 Å². The van der Waals surface area contributed by atoms with Gasteiger partial charge in [0.05, 0.1) is 0 Å². The molecule has 0 aromatic carbocycles. The molecule has 1 aromatic rings. The molecule has 29 heavy (non-hydrogen) atoms. The molecule has 2 N–H and O–H groups in total. The maximum absolute atomic E-state index is 12.7. The summed E-state index contributed by atoms with van der Waals surface area (Å²) in [4.78, 5) is 28.5. The zero-order valence-corrected chi connectivity index (χ0v) is 18.0. The lowest BCUT2D eigenvalue weighted by Crippen LogP contribution is -2.44.